The number of esters is 1. The van der Waals surface area contributed by atoms with Gasteiger partial charge in [0.05, 0.1) is 9.95 Å². The zero-order chi connectivity index (χ0) is 18.2. The molecule has 2 rings (SSSR count). The quantitative estimate of drug-likeness (QED) is 0.366. The summed E-state index contributed by atoms with van der Waals surface area (Å²) in [7, 11) is 0. The molecule has 8 nitrogen and oxygen atoms in total. The first-order chi connectivity index (χ1) is 11.9. The number of ether oxygens (including phenoxy) is 1. The van der Waals surface area contributed by atoms with Gasteiger partial charge in [-0.25, -0.2) is 9.78 Å². The van der Waals surface area contributed by atoms with Crippen molar-refractivity contribution in [3.8, 4) is 0 Å². The molecule has 0 bridgehead atoms. The van der Waals surface area contributed by atoms with E-state index in [1.807, 2.05) is 0 Å². The standard InChI is InChI=1S/C16H12ClN3O5/c17-12-5-6-14(18-9-12)19-15(21)10-25-16(22)7-4-11-2-1-3-13(8-11)20(23)24/h1-9H,10H2,(H,18,19,21). The van der Waals surface area contributed by atoms with Crippen molar-refractivity contribution in [2.75, 3.05) is 11.9 Å². The minimum atomic E-state index is -0.759. The van der Waals surface area contributed by atoms with E-state index in [0.717, 1.165) is 6.08 Å². The molecule has 1 aromatic carbocycles. The van der Waals surface area contributed by atoms with Gasteiger partial charge in [0.25, 0.3) is 11.6 Å². The Bertz CT molecular complexity index is 821. The molecule has 0 unspecified atom stereocenters. The highest BCUT2D eigenvalue weighted by molar-refractivity contribution is 6.30. The lowest BCUT2D eigenvalue weighted by atomic mass is 10.2. The van der Waals surface area contributed by atoms with Crippen LogP contribution in [0.3, 0.4) is 0 Å². The van der Waals surface area contributed by atoms with Gasteiger partial charge in [0.1, 0.15) is 5.82 Å². The summed E-state index contributed by atoms with van der Waals surface area (Å²) in [6.45, 7) is -0.498. The number of amides is 1. The van der Waals surface area contributed by atoms with Gasteiger partial charge in [0.15, 0.2) is 6.61 Å². The number of nitrogens with one attached hydrogen (secondary N) is 1. The summed E-state index contributed by atoms with van der Waals surface area (Å²) < 4.78 is 4.77. The maximum Gasteiger partial charge on any atom is 0.331 e. The molecule has 0 radical (unpaired) electrons. The molecule has 128 valence electrons. The number of carbonyl (C=O) groups excluding carboxylic acids is 2. The number of nitro benzene ring substituents is 1. The number of hydrogen-bond acceptors (Lipinski definition) is 6. The van der Waals surface area contributed by atoms with Gasteiger partial charge in [-0.3, -0.25) is 14.9 Å². The van der Waals surface area contributed by atoms with E-state index < -0.39 is 23.4 Å². The van der Waals surface area contributed by atoms with E-state index in [9.17, 15) is 19.7 Å². The maximum atomic E-state index is 11.6. The second kappa shape index (κ2) is 8.55. The van der Waals surface area contributed by atoms with Crippen molar-refractivity contribution in [3.63, 3.8) is 0 Å². The second-order valence-electron chi connectivity index (χ2n) is 4.70. The highest BCUT2D eigenvalue weighted by atomic mass is 35.5. The second-order valence-corrected chi connectivity index (χ2v) is 5.14. The maximum absolute atomic E-state index is 11.6. The molecule has 25 heavy (non-hydrogen) atoms. The van der Waals surface area contributed by atoms with Crippen molar-refractivity contribution in [2.45, 2.75) is 0 Å². The lowest BCUT2D eigenvalue weighted by molar-refractivity contribution is -0.384. The zero-order valence-corrected chi connectivity index (χ0v) is 13.5. The summed E-state index contributed by atoms with van der Waals surface area (Å²) in [6, 6.07) is 8.79. The van der Waals surface area contributed by atoms with E-state index in [0.29, 0.717) is 10.6 Å². The van der Waals surface area contributed by atoms with Crippen LogP contribution in [-0.2, 0) is 14.3 Å². The van der Waals surface area contributed by atoms with E-state index in [2.05, 4.69) is 10.3 Å². The number of benzene rings is 1. The van der Waals surface area contributed by atoms with Gasteiger partial charge >= 0.3 is 5.97 Å². The van der Waals surface area contributed by atoms with Crippen LogP contribution < -0.4 is 5.32 Å². The smallest absolute Gasteiger partial charge is 0.331 e. The first-order valence-electron chi connectivity index (χ1n) is 6.95. The normalized spacial score (nSPS) is 10.4. The number of nitrogens with zero attached hydrogens (tertiary/aromatic N) is 2. The fraction of sp³-hybridized carbons (Fsp3) is 0.0625. The molecular weight excluding hydrogens is 350 g/mol. The van der Waals surface area contributed by atoms with E-state index >= 15 is 0 Å². The Morgan fingerprint density at radius 3 is 2.80 bits per heavy atom. The summed E-state index contributed by atoms with van der Waals surface area (Å²) >= 11 is 5.67. The molecule has 1 amide bonds. The average molecular weight is 362 g/mol. The van der Waals surface area contributed by atoms with E-state index in [4.69, 9.17) is 16.3 Å². The Morgan fingerprint density at radius 1 is 1.32 bits per heavy atom. The van der Waals surface area contributed by atoms with Gasteiger partial charge in [-0.1, -0.05) is 23.7 Å². The fourth-order valence-corrected chi connectivity index (χ4v) is 1.83. The molecule has 1 aromatic heterocycles. The summed E-state index contributed by atoms with van der Waals surface area (Å²) in [5.74, 6) is -1.05. The first kappa shape index (κ1) is 18.1. The van der Waals surface area contributed by atoms with Gasteiger partial charge in [-0.15, -0.1) is 0 Å². The van der Waals surface area contributed by atoms with Crippen LogP contribution in [0.2, 0.25) is 5.02 Å². The Labute approximate surface area is 147 Å². The number of rotatable bonds is 6. The Hall–Kier alpha value is -3.26. The number of carbonyl (C=O) groups is 2. The van der Waals surface area contributed by atoms with Gasteiger partial charge in [-0.05, 0) is 23.8 Å². The molecule has 0 fully saturated rings. The minimum Gasteiger partial charge on any atom is -0.452 e. The van der Waals surface area contributed by atoms with Gasteiger partial charge in [-0.2, -0.15) is 0 Å². The lowest BCUT2D eigenvalue weighted by Gasteiger charge is -2.04. The van der Waals surface area contributed by atoms with Crippen molar-refractivity contribution in [3.05, 3.63) is 69.4 Å². The van der Waals surface area contributed by atoms with Crippen LogP contribution in [-0.4, -0.2) is 28.4 Å². The lowest BCUT2D eigenvalue weighted by Crippen LogP contribution is -2.20. The summed E-state index contributed by atoms with van der Waals surface area (Å²) in [5, 5.41) is 13.5. The highest BCUT2D eigenvalue weighted by Gasteiger charge is 2.07. The number of nitro groups is 1. The monoisotopic (exact) mass is 361 g/mol. The van der Waals surface area contributed by atoms with E-state index in [1.54, 1.807) is 12.1 Å². The minimum absolute atomic E-state index is 0.0923. The Balaban J connectivity index is 1.83. The molecule has 0 aliphatic heterocycles. The van der Waals surface area contributed by atoms with Gasteiger partial charge < -0.3 is 10.1 Å². The van der Waals surface area contributed by atoms with Crippen LogP contribution in [0, 0.1) is 10.1 Å². The first-order valence-corrected chi connectivity index (χ1v) is 7.32. The summed E-state index contributed by atoms with van der Waals surface area (Å²) in [4.78, 5) is 37.2. The number of hydrogen-bond donors (Lipinski definition) is 1. The van der Waals surface area contributed by atoms with Crippen LogP contribution >= 0.6 is 11.6 Å². The van der Waals surface area contributed by atoms with Crippen LogP contribution in [0.5, 0.6) is 0 Å². The molecule has 0 aliphatic rings. The molecule has 0 saturated heterocycles. The van der Waals surface area contributed by atoms with Crippen LogP contribution in [0.4, 0.5) is 11.5 Å². The number of anilines is 1. The fourth-order valence-electron chi connectivity index (χ4n) is 1.72. The zero-order valence-electron chi connectivity index (χ0n) is 12.7. The predicted molar refractivity (Wildman–Crippen MR) is 91.0 cm³/mol. The molecule has 0 aliphatic carbocycles. The van der Waals surface area contributed by atoms with Gasteiger partial charge in [0.2, 0.25) is 0 Å². The largest absolute Gasteiger partial charge is 0.452 e. The highest BCUT2D eigenvalue weighted by Crippen LogP contribution is 2.14. The third-order valence-electron chi connectivity index (χ3n) is 2.83. The van der Waals surface area contributed by atoms with Crippen molar-refractivity contribution >= 4 is 41.1 Å². The molecule has 0 atom stereocenters. The summed E-state index contributed by atoms with van der Waals surface area (Å²) in [5.41, 5.74) is 0.367. The molecule has 2 aromatic rings. The number of halogens is 1. The Morgan fingerprint density at radius 2 is 2.12 bits per heavy atom. The van der Waals surface area contributed by atoms with Crippen molar-refractivity contribution in [2.24, 2.45) is 0 Å². The van der Waals surface area contributed by atoms with Gasteiger partial charge in [0, 0.05) is 24.4 Å². The SMILES string of the molecule is O=C(COC(=O)C=Cc1cccc([N+](=O)[O-])c1)Nc1ccc(Cl)cn1. The molecule has 9 heteroatoms. The van der Waals surface area contributed by atoms with Crippen molar-refractivity contribution in [1.82, 2.24) is 4.98 Å². The summed E-state index contributed by atoms with van der Waals surface area (Å²) in [6.07, 6.45) is 3.80. The molecule has 1 N–H and O–H groups in total. The number of pyridine rings is 1. The third-order valence-corrected chi connectivity index (χ3v) is 3.06. The topological polar surface area (TPSA) is 111 Å². The molecule has 1 heterocycles. The third kappa shape index (κ3) is 6.04. The van der Waals surface area contributed by atoms with E-state index in [-0.39, 0.29) is 11.5 Å². The number of aromatic nitrogens is 1. The molecular formula is C16H12ClN3O5. The van der Waals surface area contributed by atoms with E-state index in [1.165, 1.54) is 36.5 Å². The van der Waals surface area contributed by atoms with Crippen molar-refractivity contribution in [1.29, 1.82) is 0 Å². The molecule has 0 saturated carbocycles. The van der Waals surface area contributed by atoms with Crippen LogP contribution in [0.15, 0.2) is 48.7 Å². The van der Waals surface area contributed by atoms with Crippen LogP contribution in [0.1, 0.15) is 5.56 Å². The molecule has 0 spiro atoms. The van der Waals surface area contributed by atoms with Crippen molar-refractivity contribution < 1.29 is 19.2 Å². The predicted octanol–water partition coefficient (Wildman–Crippen LogP) is 2.84. The Kier molecular flexibility index (Phi) is 6.19. The number of non-ortho nitro benzene ring substituents is 1. The average Bonchev–Trinajstić information content (AvgIpc) is 2.60. The van der Waals surface area contributed by atoms with Crippen LogP contribution in [0.25, 0.3) is 6.08 Å².